The molecule has 1 aromatic carbocycles. The number of carbonyl (C=O) groups excluding carboxylic acids is 1. The number of benzene rings is 1. The van der Waals surface area contributed by atoms with E-state index < -0.39 is 9.84 Å². The minimum absolute atomic E-state index is 0.0597. The molecule has 0 N–H and O–H groups in total. The van der Waals surface area contributed by atoms with Gasteiger partial charge in [-0.3, -0.25) is 9.78 Å². The molecule has 1 aliphatic heterocycles. The maximum absolute atomic E-state index is 12.8. The Morgan fingerprint density at radius 2 is 2.10 bits per heavy atom. The van der Waals surface area contributed by atoms with Gasteiger partial charge in [0.2, 0.25) is 5.91 Å². The number of hydrogen-bond acceptors (Lipinski definition) is 7. The Bertz CT molecular complexity index is 1270. The molecule has 3 heterocycles. The number of amides is 1. The first-order valence-electron chi connectivity index (χ1n) is 9.36. The number of pyridine rings is 1. The maximum atomic E-state index is 12.8. The van der Waals surface area contributed by atoms with Crippen LogP contribution in [-0.4, -0.2) is 48.0 Å². The highest BCUT2D eigenvalue weighted by molar-refractivity contribution is 7.91. The van der Waals surface area contributed by atoms with E-state index in [-0.39, 0.29) is 23.0 Å². The lowest BCUT2D eigenvalue weighted by molar-refractivity contribution is -0.130. The molecule has 9 heteroatoms. The summed E-state index contributed by atoms with van der Waals surface area (Å²) in [4.78, 5) is 22.9. The van der Waals surface area contributed by atoms with E-state index in [1.807, 2.05) is 12.1 Å². The van der Waals surface area contributed by atoms with Gasteiger partial charge in [-0.1, -0.05) is 12.1 Å². The van der Waals surface area contributed by atoms with E-state index in [9.17, 15) is 13.2 Å². The van der Waals surface area contributed by atoms with Gasteiger partial charge in [-0.15, -0.1) is 11.3 Å². The number of nitrogens with zero attached hydrogens (tertiary/aromatic N) is 4. The third kappa shape index (κ3) is 4.10. The minimum atomic E-state index is -3.58. The van der Waals surface area contributed by atoms with Gasteiger partial charge < -0.3 is 4.90 Å². The normalized spacial score (nSPS) is 14.4. The summed E-state index contributed by atoms with van der Waals surface area (Å²) in [5.74, 6) is -0.411. The molecule has 0 saturated carbocycles. The van der Waals surface area contributed by atoms with Crippen LogP contribution in [0.1, 0.15) is 24.1 Å². The molecule has 1 aliphatic rings. The molecule has 0 atom stereocenters. The minimum Gasteiger partial charge on any atom is -0.339 e. The number of carbonyl (C=O) groups is 1. The van der Waals surface area contributed by atoms with E-state index >= 15 is 0 Å². The molecule has 30 heavy (non-hydrogen) atoms. The summed E-state index contributed by atoms with van der Waals surface area (Å²) >= 11 is 1.29. The molecule has 0 bridgehead atoms. The molecule has 152 valence electrons. The monoisotopic (exact) mass is 438 g/mol. The highest BCUT2D eigenvalue weighted by Crippen LogP contribution is 2.27. The third-order valence-electron chi connectivity index (χ3n) is 5.02. The molecule has 0 radical (unpaired) electrons. The highest BCUT2D eigenvalue weighted by atomic mass is 32.2. The van der Waals surface area contributed by atoms with Gasteiger partial charge in [-0.05, 0) is 36.3 Å². The lowest BCUT2D eigenvalue weighted by Crippen LogP contribution is -2.35. The van der Waals surface area contributed by atoms with Gasteiger partial charge in [-0.2, -0.15) is 5.26 Å². The smallest absolute Gasteiger partial charge is 0.223 e. The molecule has 2 aromatic heterocycles. The van der Waals surface area contributed by atoms with Gasteiger partial charge in [0.25, 0.3) is 0 Å². The predicted molar refractivity (Wildman–Crippen MR) is 114 cm³/mol. The lowest BCUT2D eigenvalue weighted by Gasteiger charge is -2.26. The van der Waals surface area contributed by atoms with Gasteiger partial charge in [0.1, 0.15) is 6.07 Å². The van der Waals surface area contributed by atoms with Crippen LogP contribution in [0.4, 0.5) is 0 Å². The third-order valence-corrected chi connectivity index (χ3v) is 7.78. The average Bonchev–Trinajstić information content (AvgIpc) is 3.26. The molecule has 0 aliphatic carbocycles. The number of fused-ring (bicyclic) bond motifs is 1. The molecule has 0 fully saturated rings. The van der Waals surface area contributed by atoms with Crippen molar-refractivity contribution in [2.75, 3.05) is 18.8 Å². The van der Waals surface area contributed by atoms with Crippen molar-refractivity contribution in [3.63, 3.8) is 0 Å². The van der Waals surface area contributed by atoms with Crippen LogP contribution in [0.3, 0.4) is 0 Å². The quantitative estimate of drug-likeness (QED) is 0.606. The van der Waals surface area contributed by atoms with E-state index in [2.05, 4.69) is 9.97 Å². The van der Waals surface area contributed by atoms with Crippen molar-refractivity contribution in [1.82, 2.24) is 14.9 Å². The van der Waals surface area contributed by atoms with Gasteiger partial charge in [0.15, 0.2) is 9.84 Å². The SMILES string of the molecule is N#Cc1ccc(C2=CCN(C(=O)CCS(=O)(=O)c3cccc4ncsc34)CC2)nc1. The Morgan fingerprint density at radius 3 is 2.80 bits per heavy atom. The molecule has 0 saturated heterocycles. The molecule has 3 aromatic rings. The molecular weight excluding hydrogens is 420 g/mol. The summed E-state index contributed by atoms with van der Waals surface area (Å²) in [6.45, 7) is 0.928. The van der Waals surface area contributed by atoms with Gasteiger partial charge in [0, 0.05) is 25.7 Å². The Morgan fingerprint density at radius 1 is 1.23 bits per heavy atom. The number of thiazole rings is 1. The number of rotatable bonds is 5. The van der Waals surface area contributed by atoms with Crippen LogP contribution < -0.4 is 0 Å². The summed E-state index contributed by atoms with van der Waals surface area (Å²) in [6.07, 6.45) is 4.04. The standard InChI is InChI=1S/C21H18N4O3S2/c22-12-15-4-5-17(23-13-15)16-6-9-25(10-7-16)20(26)8-11-30(27,28)19-3-1-2-18-21(19)29-14-24-18/h1-6,13-14H,7-11H2. The van der Waals surface area contributed by atoms with Crippen LogP contribution in [-0.2, 0) is 14.6 Å². The van der Waals surface area contributed by atoms with Gasteiger partial charge in [0.05, 0.1) is 37.6 Å². The molecule has 0 spiro atoms. The zero-order valence-corrected chi connectivity index (χ0v) is 17.6. The maximum Gasteiger partial charge on any atom is 0.223 e. The summed E-state index contributed by atoms with van der Waals surface area (Å²) < 4.78 is 26.2. The van der Waals surface area contributed by atoms with Crippen LogP contribution in [0.15, 0.2) is 53.0 Å². The zero-order chi connectivity index (χ0) is 21.1. The first-order chi connectivity index (χ1) is 14.5. The van der Waals surface area contributed by atoms with Crippen LogP contribution in [0, 0.1) is 11.3 Å². The van der Waals surface area contributed by atoms with Crippen molar-refractivity contribution in [3.8, 4) is 6.07 Å². The lowest BCUT2D eigenvalue weighted by atomic mass is 10.0. The summed E-state index contributed by atoms with van der Waals surface area (Å²) in [6, 6.07) is 10.6. The Hall–Kier alpha value is -3.09. The van der Waals surface area contributed by atoms with Crippen molar-refractivity contribution < 1.29 is 13.2 Å². The highest BCUT2D eigenvalue weighted by Gasteiger charge is 2.23. The summed E-state index contributed by atoms with van der Waals surface area (Å²) in [5.41, 5.74) is 4.59. The van der Waals surface area contributed by atoms with E-state index in [0.29, 0.717) is 35.3 Å². The largest absolute Gasteiger partial charge is 0.339 e. The number of sulfone groups is 1. The van der Waals surface area contributed by atoms with E-state index in [1.165, 1.54) is 17.5 Å². The van der Waals surface area contributed by atoms with Crippen molar-refractivity contribution in [2.45, 2.75) is 17.7 Å². The second-order valence-corrected chi connectivity index (χ2v) is 9.82. The predicted octanol–water partition coefficient (Wildman–Crippen LogP) is 3.04. The molecule has 4 rings (SSSR count). The number of aromatic nitrogens is 2. The van der Waals surface area contributed by atoms with Crippen LogP contribution in [0.5, 0.6) is 0 Å². The van der Waals surface area contributed by atoms with Crippen LogP contribution in [0.2, 0.25) is 0 Å². The number of nitriles is 1. The average molecular weight is 439 g/mol. The fraction of sp³-hybridized carbons (Fsp3) is 0.238. The first kappa shape index (κ1) is 20.2. The van der Waals surface area contributed by atoms with E-state index in [1.54, 1.807) is 40.7 Å². The summed E-state index contributed by atoms with van der Waals surface area (Å²) in [5, 5.41) is 8.86. The second kappa shape index (κ2) is 8.34. The van der Waals surface area contributed by atoms with Crippen molar-refractivity contribution in [3.05, 3.63) is 59.4 Å². The van der Waals surface area contributed by atoms with E-state index in [4.69, 9.17) is 5.26 Å². The van der Waals surface area contributed by atoms with Crippen molar-refractivity contribution in [1.29, 1.82) is 5.26 Å². The Balaban J connectivity index is 1.39. The van der Waals surface area contributed by atoms with Crippen LogP contribution in [0.25, 0.3) is 15.8 Å². The molecule has 7 nitrogen and oxygen atoms in total. The second-order valence-electron chi connectivity index (χ2n) is 6.89. The Labute approximate surface area is 178 Å². The first-order valence-corrected chi connectivity index (χ1v) is 11.9. The van der Waals surface area contributed by atoms with E-state index in [0.717, 1.165) is 11.3 Å². The Kier molecular flexibility index (Phi) is 5.61. The molecular formula is C21H18N4O3S2. The molecule has 1 amide bonds. The zero-order valence-electron chi connectivity index (χ0n) is 16.0. The fourth-order valence-electron chi connectivity index (χ4n) is 3.37. The van der Waals surface area contributed by atoms with Gasteiger partial charge in [-0.25, -0.2) is 13.4 Å². The number of hydrogen-bond donors (Lipinski definition) is 0. The van der Waals surface area contributed by atoms with Crippen LogP contribution >= 0.6 is 11.3 Å². The van der Waals surface area contributed by atoms with Gasteiger partial charge >= 0.3 is 0 Å². The van der Waals surface area contributed by atoms with Crippen molar-refractivity contribution in [2.24, 2.45) is 0 Å². The molecule has 0 unspecified atom stereocenters. The fourth-order valence-corrected chi connectivity index (χ4v) is 5.93. The van der Waals surface area contributed by atoms with Crippen molar-refractivity contribution >= 4 is 42.9 Å². The summed E-state index contributed by atoms with van der Waals surface area (Å²) in [7, 11) is -3.58. The topological polar surface area (TPSA) is 104 Å².